The molecular weight excluding hydrogens is 428 g/mol. The summed E-state index contributed by atoms with van der Waals surface area (Å²) in [6.45, 7) is 3.79. The number of rotatable bonds is 9. The van der Waals surface area contributed by atoms with Crippen molar-refractivity contribution in [2.45, 2.75) is 39.7 Å². The second-order valence-electron chi connectivity index (χ2n) is 7.79. The van der Waals surface area contributed by atoms with Crippen molar-refractivity contribution in [1.82, 2.24) is 5.32 Å². The van der Waals surface area contributed by atoms with Crippen LogP contribution in [0.1, 0.15) is 51.0 Å². The number of carboxylic acid groups (broad SMARTS) is 1. The van der Waals surface area contributed by atoms with Gasteiger partial charge in [-0.1, -0.05) is 24.3 Å². The fraction of sp³-hybridized carbons (Fsp3) is 0.231. The average molecular weight is 453 g/mol. The van der Waals surface area contributed by atoms with Crippen molar-refractivity contribution in [1.29, 1.82) is 0 Å². The van der Waals surface area contributed by atoms with E-state index in [0.717, 1.165) is 16.7 Å². The molecule has 3 aromatic rings. The van der Waals surface area contributed by atoms with Gasteiger partial charge in [0.15, 0.2) is 0 Å². The van der Waals surface area contributed by atoms with Crippen LogP contribution in [0, 0.1) is 13.8 Å². The predicted octanol–water partition coefficient (Wildman–Crippen LogP) is 5.98. The topological polar surface area (TPSA) is 75.6 Å². The minimum absolute atomic E-state index is 0.0741. The van der Waals surface area contributed by atoms with E-state index in [4.69, 9.17) is 9.84 Å². The Morgan fingerprint density at radius 2 is 1.73 bits per heavy atom. The number of carbonyl (C=O) groups is 2. The number of benzene rings is 3. The maximum absolute atomic E-state index is 12.8. The number of hydrogen-bond acceptors (Lipinski definition) is 3. The second kappa shape index (κ2) is 10.7. The quantitative estimate of drug-likeness (QED) is 0.418. The molecule has 0 aliphatic rings. The molecule has 172 valence electrons. The summed E-state index contributed by atoms with van der Waals surface area (Å²) >= 11 is 0. The first-order chi connectivity index (χ1) is 15.7. The molecule has 1 amide bonds. The van der Waals surface area contributed by atoms with E-state index in [0.29, 0.717) is 29.0 Å². The summed E-state index contributed by atoms with van der Waals surface area (Å²) in [5.41, 5.74) is 3.45. The van der Waals surface area contributed by atoms with Gasteiger partial charge in [0.25, 0.3) is 12.3 Å². The summed E-state index contributed by atoms with van der Waals surface area (Å²) in [6, 6.07) is 16.8. The van der Waals surface area contributed by atoms with Crippen molar-refractivity contribution in [2.75, 3.05) is 0 Å². The molecular formula is C26H25F2NO4. The van der Waals surface area contributed by atoms with Crippen LogP contribution in [0.3, 0.4) is 0 Å². The predicted molar refractivity (Wildman–Crippen MR) is 121 cm³/mol. The van der Waals surface area contributed by atoms with Crippen LogP contribution in [0.15, 0.2) is 60.7 Å². The van der Waals surface area contributed by atoms with Crippen molar-refractivity contribution in [3.63, 3.8) is 0 Å². The lowest BCUT2D eigenvalue weighted by atomic mass is 10.0. The van der Waals surface area contributed by atoms with Crippen LogP contribution in [0.4, 0.5) is 8.78 Å². The van der Waals surface area contributed by atoms with Gasteiger partial charge in [0.05, 0.1) is 0 Å². The lowest BCUT2D eigenvalue weighted by Crippen LogP contribution is -2.23. The molecule has 0 radical (unpaired) electrons. The Hall–Kier alpha value is -3.74. The SMILES string of the molecule is Cc1cc(Oc2cccc(CNC(=O)c3ccc(C(F)F)cc3C)c2)ccc1CCC(=O)O. The van der Waals surface area contributed by atoms with Crippen molar-refractivity contribution in [3.8, 4) is 11.5 Å². The van der Waals surface area contributed by atoms with E-state index in [1.807, 2.05) is 31.2 Å². The summed E-state index contributed by atoms with van der Waals surface area (Å²) in [5.74, 6) is 0.0468. The number of halogens is 2. The summed E-state index contributed by atoms with van der Waals surface area (Å²) in [6.07, 6.45) is -2.04. The van der Waals surface area contributed by atoms with Crippen LogP contribution in [-0.4, -0.2) is 17.0 Å². The fourth-order valence-electron chi connectivity index (χ4n) is 3.46. The van der Waals surface area contributed by atoms with Crippen LogP contribution in [0.25, 0.3) is 0 Å². The molecule has 5 nitrogen and oxygen atoms in total. The molecule has 0 aromatic heterocycles. The zero-order valence-corrected chi connectivity index (χ0v) is 18.4. The standard InChI is InChI=1S/C26H25F2NO4/c1-16-13-22(9-6-19(16)8-11-24(30)31)33-21-5-3-4-18(14-21)15-29-26(32)23-10-7-20(25(27)28)12-17(23)2/h3-7,9-10,12-14,25H,8,11,15H2,1-2H3,(H,29,32)(H,30,31). The van der Waals surface area contributed by atoms with E-state index < -0.39 is 12.4 Å². The van der Waals surface area contributed by atoms with Gasteiger partial charge in [0.1, 0.15) is 11.5 Å². The average Bonchev–Trinajstić information content (AvgIpc) is 2.77. The molecule has 0 saturated carbocycles. The third-order valence-corrected chi connectivity index (χ3v) is 5.26. The zero-order chi connectivity index (χ0) is 24.0. The number of aryl methyl sites for hydroxylation is 3. The van der Waals surface area contributed by atoms with Gasteiger partial charge in [-0.25, -0.2) is 8.78 Å². The normalized spacial score (nSPS) is 10.8. The Morgan fingerprint density at radius 3 is 2.39 bits per heavy atom. The molecule has 2 N–H and O–H groups in total. The Morgan fingerprint density at radius 1 is 0.970 bits per heavy atom. The summed E-state index contributed by atoms with van der Waals surface area (Å²) in [5, 5.41) is 11.7. The number of amides is 1. The molecule has 0 aliphatic heterocycles. The third kappa shape index (κ3) is 6.62. The molecule has 0 spiro atoms. The third-order valence-electron chi connectivity index (χ3n) is 5.26. The van der Waals surface area contributed by atoms with Gasteiger partial charge >= 0.3 is 5.97 Å². The minimum Gasteiger partial charge on any atom is -0.481 e. The highest BCUT2D eigenvalue weighted by Crippen LogP contribution is 2.25. The van der Waals surface area contributed by atoms with Gasteiger partial charge in [0.2, 0.25) is 0 Å². The highest BCUT2D eigenvalue weighted by molar-refractivity contribution is 5.95. The van der Waals surface area contributed by atoms with E-state index in [-0.39, 0.29) is 24.4 Å². The van der Waals surface area contributed by atoms with Crippen LogP contribution in [0.2, 0.25) is 0 Å². The molecule has 0 heterocycles. The fourth-order valence-corrected chi connectivity index (χ4v) is 3.46. The van der Waals surface area contributed by atoms with E-state index in [9.17, 15) is 18.4 Å². The number of carbonyl (C=O) groups excluding carboxylic acids is 1. The monoisotopic (exact) mass is 453 g/mol. The van der Waals surface area contributed by atoms with Gasteiger partial charge in [-0.3, -0.25) is 9.59 Å². The van der Waals surface area contributed by atoms with Gasteiger partial charge in [-0.2, -0.15) is 0 Å². The number of aliphatic carboxylic acids is 1. The number of hydrogen-bond donors (Lipinski definition) is 2. The summed E-state index contributed by atoms with van der Waals surface area (Å²) in [4.78, 5) is 23.3. The van der Waals surface area contributed by atoms with E-state index in [1.165, 1.54) is 18.2 Å². The molecule has 7 heteroatoms. The van der Waals surface area contributed by atoms with Gasteiger partial charge in [0, 0.05) is 24.1 Å². The number of ether oxygens (including phenoxy) is 1. The highest BCUT2D eigenvalue weighted by atomic mass is 19.3. The summed E-state index contributed by atoms with van der Waals surface area (Å²) < 4.78 is 31.6. The lowest BCUT2D eigenvalue weighted by Gasteiger charge is -2.12. The van der Waals surface area contributed by atoms with Gasteiger partial charge in [-0.05, 0) is 78.9 Å². The molecule has 0 fully saturated rings. The first kappa shape index (κ1) is 23.9. The number of alkyl halides is 2. The van der Waals surface area contributed by atoms with Crippen LogP contribution < -0.4 is 10.1 Å². The molecule has 3 rings (SSSR count). The second-order valence-corrected chi connectivity index (χ2v) is 7.79. The lowest BCUT2D eigenvalue weighted by molar-refractivity contribution is -0.136. The first-order valence-electron chi connectivity index (χ1n) is 10.5. The van der Waals surface area contributed by atoms with E-state index >= 15 is 0 Å². The maximum Gasteiger partial charge on any atom is 0.303 e. The van der Waals surface area contributed by atoms with Crippen molar-refractivity contribution in [3.05, 3.63) is 94.0 Å². The van der Waals surface area contributed by atoms with Crippen molar-refractivity contribution in [2.24, 2.45) is 0 Å². The smallest absolute Gasteiger partial charge is 0.303 e. The molecule has 0 unspecified atom stereocenters. The largest absolute Gasteiger partial charge is 0.481 e. The number of nitrogens with one attached hydrogen (secondary N) is 1. The van der Waals surface area contributed by atoms with Crippen molar-refractivity contribution < 1.29 is 28.2 Å². The van der Waals surface area contributed by atoms with Crippen LogP contribution in [-0.2, 0) is 17.8 Å². The Labute approximate surface area is 191 Å². The molecule has 0 atom stereocenters. The first-order valence-corrected chi connectivity index (χ1v) is 10.5. The summed E-state index contributed by atoms with van der Waals surface area (Å²) in [7, 11) is 0. The molecule has 0 saturated heterocycles. The highest BCUT2D eigenvalue weighted by Gasteiger charge is 2.13. The Bertz CT molecular complexity index is 1160. The maximum atomic E-state index is 12.8. The minimum atomic E-state index is -2.58. The van der Waals surface area contributed by atoms with Crippen LogP contribution >= 0.6 is 0 Å². The van der Waals surface area contributed by atoms with E-state index in [1.54, 1.807) is 25.1 Å². The van der Waals surface area contributed by atoms with Crippen LogP contribution in [0.5, 0.6) is 11.5 Å². The number of carboxylic acids is 1. The zero-order valence-electron chi connectivity index (χ0n) is 18.4. The molecule has 0 aliphatic carbocycles. The molecule has 33 heavy (non-hydrogen) atoms. The van der Waals surface area contributed by atoms with Gasteiger partial charge in [-0.15, -0.1) is 0 Å². The molecule has 3 aromatic carbocycles. The van der Waals surface area contributed by atoms with Gasteiger partial charge < -0.3 is 15.2 Å². The van der Waals surface area contributed by atoms with Crippen molar-refractivity contribution >= 4 is 11.9 Å². The Balaban J connectivity index is 1.62. The van der Waals surface area contributed by atoms with E-state index in [2.05, 4.69) is 5.32 Å². The Kier molecular flexibility index (Phi) is 7.77. The molecule has 0 bridgehead atoms.